The van der Waals surface area contributed by atoms with Gasteiger partial charge in [0.15, 0.2) is 5.69 Å². The highest BCUT2D eigenvalue weighted by Gasteiger charge is 2.15. The molecule has 16 heavy (non-hydrogen) atoms. The molecule has 0 saturated carbocycles. The molecule has 0 spiro atoms. The Labute approximate surface area is 93.9 Å². The van der Waals surface area contributed by atoms with Crippen molar-refractivity contribution in [3.63, 3.8) is 0 Å². The zero-order chi connectivity index (χ0) is 11.5. The lowest BCUT2D eigenvalue weighted by atomic mass is 10.1. The summed E-state index contributed by atoms with van der Waals surface area (Å²) in [6.45, 7) is 4.59. The molecule has 0 bridgehead atoms. The number of nitroso groups, excluding NO2 is 1. The monoisotopic (exact) mass is 215 g/mol. The molecule has 0 saturated heterocycles. The Kier molecular flexibility index (Phi) is 2.81. The van der Waals surface area contributed by atoms with E-state index in [1.165, 1.54) is 0 Å². The summed E-state index contributed by atoms with van der Waals surface area (Å²) in [7, 11) is 0. The fraction of sp³-hybridized carbons (Fsp3) is 0.250. The van der Waals surface area contributed by atoms with E-state index in [-0.39, 0.29) is 0 Å². The van der Waals surface area contributed by atoms with Gasteiger partial charge in [0, 0.05) is 12.1 Å². The minimum atomic E-state index is 0.438. The zero-order valence-electron chi connectivity index (χ0n) is 9.34. The second kappa shape index (κ2) is 4.26. The van der Waals surface area contributed by atoms with E-state index in [9.17, 15) is 4.91 Å². The van der Waals surface area contributed by atoms with Crippen molar-refractivity contribution in [2.24, 2.45) is 5.18 Å². The predicted molar refractivity (Wildman–Crippen MR) is 63.5 cm³/mol. The van der Waals surface area contributed by atoms with Crippen LogP contribution in [0.1, 0.15) is 12.6 Å². The molecule has 0 N–H and O–H groups in total. The van der Waals surface area contributed by atoms with Gasteiger partial charge in [0.1, 0.15) is 5.69 Å². The number of hydrogen-bond acceptors (Lipinski definition) is 3. The minimum absolute atomic E-state index is 0.438. The van der Waals surface area contributed by atoms with Gasteiger partial charge in [0.05, 0.1) is 5.69 Å². The largest absolute Gasteiger partial charge is 0.267 e. The van der Waals surface area contributed by atoms with Crippen LogP contribution in [-0.4, -0.2) is 9.78 Å². The summed E-state index contributed by atoms with van der Waals surface area (Å²) in [5.41, 5.74) is 2.84. The second-order valence-electron chi connectivity index (χ2n) is 3.56. The van der Waals surface area contributed by atoms with Gasteiger partial charge in [-0.25, -0.2) is 0 Å². The van der Waals surface area contributed by atoms with Crippen LogP contribution in [0.5, 0.6) is 0 Å². The summed E-state index contributed by atoms with van der Waals surface area (Å²) < 4.78 is 1.79. The molecule has 0 radical (unpaired) electrons. The molecule has 1 aromatic carbocycles. The molecule has 0 fully saturated rings. The SMILES string of the molecule is CCn1nc(-c2ccccc2)c(N=O)c1C. The Morgan fingerprint density at radius 2 is 2.00 bits per heavy atom. The molecular formula is C12H13N3O. The third-order valence-electron chi connectivity index (χ3n) is 2.61. The van der Waals surface area contributed by atoms with Crippen LogP contribution < -0.4 is 0 Å². The maximum absolute atomic E-state index is 10.8. The van der Waals surface area contributed by atoms with E-state index in [0.717, 1.165) is 17.8 Å². The molecule has 0 aliphatic carbocycles. The van der Waals surface area contributed by atoms with Crippen LogP contribution in [0.15, 0.2) is 35.5 Å². The molecule has 2 aromatic rings. The van der Waals surface area contributed by atoms with E-state index >= 15 is 0 Å². The normalized spacial score (nSPS) is 10.4. The van der Waals surface area contributed by atoms with Crippen LogP contribution in [0.2, 0.25) is 0 Å². The van der Waals surface area contributed by atoms with Gasteiger partial charge in [-0.1, -0.05) is 30.3 Å². The van der Waals surface area contributed by atoms with Gasteiger partial charge in [-0.05, 0) is 19.0 Å². The van der Waals surface area contributed by atoms with Crippen molar-refractivity contribution >= 4 is 5.69 Å². The average Bonchev–Trinajstić information content (AvgIpc) is 2.66. The van der Waals surface area contributed by atoms with Gasteiger partial charge in [-0.2, -0.15) is 5.10 Å². The first-order valence-corrected chi connectivity index (χ1v) is 5.24. The predicted octanol–water partition coefficient (Wildman–Crippen LogP) is 3.28. The van der Waals surface area contributed by atoms with Crippen molar-refractivity contribution in [1.82, 2.24) is 9.78 Å². The highest BCUT2D eigenvalue weighted by atomic mass is 16.3. The smallest absolute Gasteiger partial charge is 0.156 e. The third-order valence-corrected chi connectivity index (χ3v) is 2.61. The molecule has 1 heterocycles. The third kappa shape index (κ3) is 1.62. The van der Waals surface area contributed by atoms with E-state index in [0.29, 0.717) is 11.4 Å². The first-order valence-electron chi connectivity index (χ1n) is 5.24. The molecule has 82 valence electrons. The summed E-state index contributed by atoms with van der Waals surface area (Å²) in [4.78, 5) is 10.8. The van der Waals surface area contributed by atoms with E-state index in [1.54, 1.807) is 4.68 Å². The average molecular weight is 215 g/mol. The highest BCUT2D eigenvalue weighted by molar-refractivity contribution is 5.73. The number of aromatic nitrogens is 2. The van der Waals surface area contributed by atoms with Crippen molar-refractivity contribution in [2.45, 2.75) is 20.4 Å². The Morgan fingerprint density at radius 1 is 1.31 bits per heavy atom. The molecule has 4 heteroatoms. The molecule has 0 amide bonds. The second-order valence-corrected chi connectivity index (χ2v) is 3.56. The van der Waals surface area contributed by atoms with Crippen LogP contribution in [0.3, 0.4) is 0 Å². The van der Waals surface area contributed by atoms with Crippen LogP contribution in [-0.2, 0) is 6.54 Å². The first kappa shape index (κ1) is 10.5. The molecule has 0 aliphatic rings. The van der Waals surface area contributed by atoms with E-state index < -0.39 is 0 Å². The lowest BCUT2D eigenvalue weighted by Gasteiger charge is -1.96. The Hall–Kier alpha value is -1.97. The summed E-state index contributed by atoms with van der Waals surface area (Å²) in [5.74, 6) is 0. The summed E-state index contributed by atoms with van der Waals surface area (Å²) in [6, 6.07) is 9.63. The maximum Gasteiger partial charge on any atom is 0.156 e. The molecule has 0 atom stereocenters. The fourth-order valence-electron chi connectivity index (χ4n) is 1.74. The minimum Gasteiger partial charge on any atom is -0.267 e. The fourth-order valence-corrected chi connectivity index (χ4v) is 1.74. The van der Waals surface area contributed by atoms with E-state index in [1.807, 2.05) is 44.2 Å². The van der Waals surface area contributed by atoms with E-state index in [4.69, 9.17) is 0 Å². The number of aryl methyl sites for hydroxylation is 1. The first-order chi connectivity index (χ1) is 7.77. The van der Waals surface area contributed by atoms with Crippen molar-refractivity contribution < 1.29 is 0 Å². The lowest BCUT2D eigenvalue weighted by Crippen LogP contribution is -1.98. The Bertz CT molecular complexity index is 502. The lowest BCUT2D eigenvalue weighted by molar-refractivity contribution is 0.642. The molecule has 2 rings (SSSR count). The summed E-state index contributed by atoms with van der Waals surface area (Å²) >= 11 is 0. The van der Waals surface area contributed by atoms with Crippen molar-refractivity contribution in [1.29, 1.82) is 0 Å². The number of nitrogens with zero attached hydrogens (tertiary/aromatic N) is 3. The molecule has 4 nitrogen and oxygen atoms in total. The van der Waals surface area contributed by atoms with Gasteiger partial charge in [-0.3, -0.25) is 4.68 Å². The van der Waals surface area contributed by atoms with Gasteiger partial charge < -0.3 is 0 Å². The van der Waals surface area contributed by atoms with Gasteiger partial charge in [0.25, 0.3) is 0 Å². The summed E-state index contributed by atoms with van der Waals surface area (Å²) in [6.07, 6.45) is 0. The van der Waals surface area contributed by atoms with Crippen LogP contribution in [0, 0.1) is 11.8 Å². The zero-order valence-corrected chi connectivity index (χ0v) is 9.34. The van der Waals surface area contributed by atoms with Gasteiger partial charge >= 0.3 is 0 Å². The Balaban J connectivity index is 2.61. The van der Waals surface area contributed by atoms with Gasteiger partial charge in [-0.15, -0.1) is 4.91 Å². The van der Waals surface area contributed by atoms with E-state index in [2.05, 4.69) is 10.3 Å². The van der Waals surface area contributed by atoms with Gasteiger partial charge in [0.2, 0.25) is 0 Å². The van der Waals surface area contributed by atoms with Crippen LogP contribution in [0.25, 0.3) is 11.3 Å². The standard InChI is InChI=1S/C12H13N3O/c1-3-15-9(2)11(14-16)12(13-15)10-7-5-4-6-8-10/h4-8H,3H2,1-2H3. The number of rotatable bonds is 3. The van der Waals surface area contributed by atoms with Crippen molar-refractivity contribution in [2.75, 3.05) is 0 Å². The Morgan fingerprint density at radius 3 is 2.56 bits per heavy atom. The van der Waals surface area contributed by atoms with Crippen LogP contribution in [0.4, 0.5) is 5.69 Å². The molecule has 0 aliphatic heterocycles. The number of benzene rings is 1. The quantitative estimate of drug-likeness (QED) is 0.737. The molecule has 1 aromatic heterocycles. The summed E-state index contributed by atoms with van der Waals surface area (Å²) in [5, 5.41) is 7.47. The van der Waals surface area contributed by atoms with Crippen LogP contribution >= 0.6 is 0 Å². The molecule has 0 unspecified atom stereocenters. The highest BCUT2D eigenvalue weighted by Crippen LogP contribution is 2.31. The number of hydrogen-bond donors (Lipinski definition) is 0. The maximum atomic E-state index is 10.8. The topological polar surface area (TPSA) is 47.2 Å². The van der Waals surface area contributed by atoms with Crippen molar-refractivity contribution in [3.8, 4) is 11.3 Å². The molecular weight excluding hydrogens is 202 g/mol. The van der Waals surface area contributed by atoms with Crippen molar-refractivity contribution in [3.05, 3.63) is 40.9 Å².